The highest BCUT2D eigenvalue weighted by Crippen LogP contribution is 2.38. The van der Waals surface area contributed by atoms with Gasteiger partial charge in [0.15, 0.2) is 0 Å². The van der Waals surface area contributed by atoms with E-state index in [1.807, 2.05) is 6.08 Å². The van der Waals surface area contributed by atoms with Crippen molar-refractivity contribution in [3.63, 3.8) is 0 Å². The van der Waals surface area contributed by atoms with Gasteiger partial charge in [-0.15, -0.1) is 0 Å². The molecule has 0 atom stereocenters. The predicted octanol–water partition coefficient (Wildman–Crippen LogP) is 2.01. The Kier molecular flexibility index (Phi) is 4.49. The Morgan fingerprint density at radius 3 is 2.24 bits per heavy atom. The number of allylic oxidation sites excluding steroid dienone is 3. The fourth-order valence-electron chi connectivity index (χ4n) is 1.85. The van der Waals surface area contributed by atoms with Crippen LogP contribution in [0.15, 0.2) is 24.3 Å². The van der Waals surface area contributed by atoms with Crippen LogP contribution in [0.4, 0.5) is 0 Å². The lowest BCUT2D eigenvalue weighted by atomic mass is 9.86. The van der Waals surface area contributed by atoms with Crippen molar-refractivity contribution < 1.29 is 19.1 Å². The summed E-state index contributed by atoms with van der Waals surface area (Å²) in [6, 6.07) is 0. The van der Waals surface area contributed by atoms with Crippen LogP contribution in [-0.4, -0.2) is 25.2 Å². The van der Waals surface area contributed by atoms with Crippen LogP contribution in [0.1, 0.15) is 26.7 Å². The summed E-state index contributed by atoms with van der Waals surface area (Å²) in [5.74, 6) is -0.640. The van der Waals surface area contributed by atoms with Crippen LogP contribution in [0.5, 0.6) is 0 Å². The molecular formula is C13H18O4. The average Bonchev–Trinajstić information content (AvgIpc) is 2.68. The number of hydrogen-bond donors (Lipinski definition) is 0. The molecule has 1 aliphatic carbocycles. The van der Waals surface area contributed by atoms with Crippen molar-refractivity contribution in [2.45, 2.75) is 26.7 Å². The van der Waals surface area contributed by atoms with Crippen molar-refractivity contribution in [3.05, 3.63) is 24.3 Å². The van der Waals surface area contributed by atoms with Gasteiger partial charge < -0.3 is 9.47 Å². The maximum atomic E-state index is 10.9. The number of ether oxygens (including phenoxy) is 2. The molecule has 0 unspecified atom stereocenters. The maximum Gasteiger partial charge on any atom is 0.302 e. The Morgan fingerprint density at radius 2 is 1.88 bits per heavy atom. The Hall–Kier alpha value is -1.58. The molecule has 0 spiro atoms. The summed E-state index contributed by atoms with van der Waals surface area (Å²) in [7, 11) is 0. The van der Waals surface area contributed by atoms with Gasteiger partial charge in [0, 0.05) is 19.3 Å². The fourth-order valence-corrected chi connectivity index (χ4v) is 1.85. The third kappa shape index (κ3) is 4.06. The Bertz CT molecular complexity index is 336. The number of esters is 2. The van der Waals surface area contributed by atoms with E-state index in [-0.39, 0.29) is 30.6 Å². The van der Waals surface area contributed by atoms with Gasteiger partial charge in [-0.05, 0) is 12.8 Å². The van der Waals surface area contributed by atoms with E-state index >= 15 is 0 Å². The second-order valence-electron chi connectivity index (χ2n) is 4.42. The molecule has 0 aliphatic heterocycles. The smallest absolute Gasteiger partial charge is 0.302 e. The van der Waals surface area contributed by atoms with Crippen LogP contribution in [0.3, 0.4) is 0 Å². The molecule has 0 N–H and O–H groups in total. The van der Waals surface area contributed by atoms with Crippen LogP contribution in [-0.2, 0) is 19.1 Å². The summed E-state index contributed by atoms with van der Waals surface area (Å²) >= 11 is 0. The van der Waals surface area contributed by atoms with Crippen molar-refractivity contribution in [2.75, 3.05) is 13.2 Å². The van der Waals surface area contributed by atoms with Gasteiger partial charge in [0.05, 0.1) is 0 Å². The Morgan fingerprint density at radius 1 is 1.35 bits per heavy atom. The van der Waals surface area contributed by atoms with Gasteiger partial charge >= 0.3 is 11.9 Å². The summed E-state index contributed by atoms with van der Waals surface area (Å²) in [6.45, 7) is 6.99. The molecule has 0 bridgehead atoms. The first-order valence-electron chi connectivity index (χ1n) is 5.56. The molecule has 0 radical (unpaired) electrons. The minimum absolute atomic E-state index is 0.267. The summed E-state index contributed by atoms with van der Waals surface area (Å²) < 4.78 is 10.1. The molecule has 0 aromatic heterocycles. The molecule has 0 amide bonds. The molecule has 0 aromatic rings. The standard InChI is InChI=1S/C13H18O4/c1-4-12-5-6-13(7-12,8-16-10(2)14)9-17-11(3)15/h4-5H,1,6-9H2,2-3H3. The monoisotopic (exact) mass is 238 g/mol. The van der Waals surface area contributed by atoms with E-state index in [2.05, 4.69) is 6.58 Å². The van der Waals surface area contributed by atoms with Crippen LogP contribution in [0, 0.1) is 5.41 Å². The topological polar surface area (TPSA) is 52.6 Å². The first-order valence-corrected chi connectivity index (χ1v) is 5.56. The van der Waals surface area contributed by atoms with Gasteiger partial charge in [-0.1, -0.05) is 24.3 Å². The molecule has 0 heterocycles. The van der Waals surface area contributed by atoms with Gasteiger partial charge in [-0.2, -0.15) is 0 Å². The van der Waals surface area contributed by atoms with Gasteiger partial charge in [0.2, 0.25) is 0 Å². The third-order valence-corrected chi connectivity index (χ3v) is 2.80. The van der Waals surface area contributed by atoms with Crippen molar-refractivity contribution in [3.8, 4) is 0 Å². The first kappa shape index (κ1) is 13.5. The van der Waals surface area contributed by atoms with E-state index in [9.17, 15) is 9.59 Å². The number of hydrogen-bond acceptors (Lipinski definition) is 4. The van der Waals surface area contributed by atoms with Crippen LogP contribution < -0.4 is 0 Å². The second-order valence-corrected chi connectivity index (χ2v) is 4.42. The van der Waals surface area contributed by atoms with E-state index in [1.165, 1.54) is 13.8 Å². The van der Waals surface area contributed by atoms with Crippen molar-refractivity contribution in [1.82, 2.24) is 0 Å². The van der Waals surface area contributed by atoms with Crippen molar-refractivity contribution >= 4 is 11.9 Å². The van der Waals surface area contributed by atoms with Crippen molar-refractivity contribution in [1.29, 1.82) is 0 Å². The van der Waals surface area contributed by atoms with Gasteiger partial charge in [-0.3, -0.25) is 9.59 Å². The molecule has 0 aromatic carbocycles. The molecule has 1 rings (SSSR count). The highest BCUT2D eigenvalue weighted by atomic mass is 16.5. The zero-order chi connectivity index (χ0) is 12.9. The molecule has 17 heavy (non-hydrogen) atoms. The predicted molar refractivity (Wildman–Crippen MR) is 63.2 cm³/mol. The molecule has 0 saturated carbocycles. The highest BCUT2D eigenvalue weighted by molar-refractivity contribution is 5.66. The van der Waals surface area contributed by atoms with Gasteiger partial charge in [0.25, 0.3) is 0 Å². The van der Waals surface area contributed by atoms with Crippen LogP contribution >= 0.6 is 0 Å². The zero-order valence-corrected chi connectivity index (χ0v) is 10.3. The average molecular weight is 238 g/mol. The van der Waals surface area contributed by atoms with E-state index in [4.69, 9.17) is 9.47 Å². The number of carbonyl (C=O) groups excluding carboxylic acids is 2. The normalized spacial score (nSPS) is 17.2. The quantitative estimate of drug-likeness (QED) is 0.687. The molecule has 1 aliphatic rings. The Labute approximate surface area is 101 Å². The summed E-state index contributed by atoms with van der Waals surface area (Å²) in [5, 5.41) is 0. The fraction of sp³-hybridized carbons (Fsp3) is 0.538. The molecule has 4 heteroatoms. The lowest BCUT2D eigenvalue weighted by molar-refractivity contribution is -0.150. The zero-order valence-electron chi connectivity index (χ0n) is 10.3. The molecule has 0 saturated heterocycles. The molecule has 4 nitrogen and oxygen atoms in total. The maximum absolute atomic E-state index is 10.9. The third-order valence-electron chi connectivity index (χ3n) is 2.80. The largest absolute Gasteiger partial charge is 0.465 e. The van der Waals surface area contributed by atoms with E-state index < -0.39 is 0 Å². The minimum Gasteiger partial charge on any atom is -0.465 e. The van der Waals surface area contributed by atoms with Gasteiger partial charge in [0.1, 0.15) is 13.2 Å². The number of rotatable bonds is 5. The molecule has 0 fully saturated rings. The highest BCUT2D eigenvalue weighted by Gasteiger charge is 2.36. The minimum atomic E-state index is -0.320. The first-order chi connectivity index (χ1) is 7.97. The van der Waals surface area contributed by atoms with E-state index in [0.717, 1.165) is 18.4 Å². The summed E-state index contributed by atoms with van der Waals surface area (Å²) in [6.07, 6.45) is 5.27. The van der Waals surface area contributed by atoms with Crippen LogP contribution in [0.25, 0.3) is 0 Å². The molecular weight excluding hydrogens is 220 g/mol. The molecule has 94 valence electrons. The second kappa shape index (κ2) is 5.66. The summed E-state index contributed by atoms with van der Waals surface area (Å²) in [4.78, 5) is 21.7. The lowest BCUT2D eigenvalue weighted by Crippen LogP contribution is -2.31. The van der Waals surface area contributed by atoms with Crippen LogP contribution in [0.2, 0.25) is 0 Å². The number of carbonyl (C=O) groups is 2. The Balaban J connectivity index is 2.62. The van der Waals surface area contributed by atoms with E-state index in [1.54, 1.807) is 6.08 Å². The van der Waals surface area contributed by atoms with Gasteiger partial charge in [-0.25, -0.2) is 0 Å². The van der Waals surface area contributed by atoms with E-state index in [0.29, 0.717) is 0 Å². The lowest BCUT2D eigenvalue weighted by Gasteiger charge is -2.27. The van der Waals surface area contributed by atoms with Crippen molar-refractivity contribution in [2.24, 2.45) is 5.41 Å². The summed E-state index contributed by atoms with van der Waals surface area (Å²) in [5.41, 5.74) is 0.783. The SMILES string of the molecule is C=CC1=CCC(COC(C)=O)(COC(C)=O)C1.